The summed E-state index contributed by atoms with van der Waals surface area (Å²) in [5, 5.41) is 0.716. The van der Waals surface area contributed by atoms with Gasteiger partial charge in [0.05, 0.1) is 17.5 Å². The maximum atomic E-state index is 13.3. The van der Waals surface area contributed by atoms with Gasteiger partial charge in [0.15, 0.2) is 11.5 Å². The topological polar surface area (TPSA) is 99.6 Å². The smallest absolute Gasteiger partial charge is 0.387 e. The van der Waals surface area contributed by atoms with E-state index < -0.39 is 36.5 Å². The minimum Gasteiger partial charge on any atom is -0.489 e. The number of allylic oxidation sites excluding steroid dienone is 4. The van der Waals surface area contributed by atoms with E-state index in [-0.39, 0.29) is 38.9 Å². The van der Waals surface area contributed by atoms with Crippen LogP contribution in [0.3, 0.4) is 0 Å². The molecule has 1 fully saturated rings. The fraction of sp³-hybridized carbons (Fsp3) is 0.300. The highest BCUT2D eigenvalue weighted by Gasteiger charge is 2.26. The molecule has 42 heavy (non-hydrogen) atoms. The monoisotopic (exact) mass is 620 g/mol. The lowest BCUT2D eigenvalue weighted by Gasteiger charge is -2.22. The van der Waals surface area contributed by atoms with Crippen LogP contribution in [0.15, 0.2) is 86.4 Å². The van der Waals surface area contributed by atoms with E-state index in [2.05, 4.69) is 16.3 Å². The number of halogens is 4. The van der Waals surface area contributed by atoms with Crippen molar-refractivity contribution in [3.63, 3.8) is 0 Å². The van der Waals surface area contributed by atoms with Crippen molar-refractivity contribution in [1.29, 1.82) is 0 Å². The number of hydrogen-bond acceptors (Lipinski definition) is 6. The molecule has 1 saturated carbocycles. The standard InChI is InChI=1S/C30H28Cl2F2N2O6/c1-3-21(31)20(22(32)4-2)14-25(18-11-12-24(42-29(33)34)26(13-18)40-16-17-9-10-17)41-27(37)15-36-23-8-6-5-7-19(23)28(38)35-30(36)39/h3-8,11-13,17,25,29H,1,9-10,14-16H2,2H3,(H,35,38,39)/b21-20+,22-4+/t25-/m0/s1. The summed E-state index contributed by atoms with van der Waals surface area (Å²) in [4.78, 5) is 40.4. The van der Waals surface area contributed by atoms with Gasteiger partial charge in [-0.1, -0.05) is 60.1 Å². The average molecular weight is 621 g/mol. The minimum atomic E-state index is -3.08. The van der Waals surface area contributed by atoms with Gasteiger partial charge in [0.25, 0.3) is 5.56 Å². The number of carbonyl (C=O) groups excluding carboxylic acids is 1. The number of carbonyl (C=O) groups is 1. The van der Waals surface area contributed by atoms with Crippen molar-refractivity contribution < 1.29 is 27.8 Å². The highest BCUT2D eigenvalue weighted by Crippen LogP contribution is 2.39. The molecule has 4 rings (SSSR count). The number of esters is 1. The molecule has 1 aliphatic rings. The van der Waals surface area contributed by atoms with Crippen LogP contribution in [-0.2, 0) is 16.1 Å². The number of ether oxygens (including phenoxy) is 3. The molecule has 0 saturated heterocycles. The van der Waals surface area contributed by atoms with Crippen molar-refractivity contribution in [3.05, 3.63) is 103 Å². The number of hydrogen-bond donors (Lipinski definition) is 1. The third-order valence-corrected chi connectivity index (χ3v) is 7.42. The molecule has 3 aromatic rings. The van der Waals surface area contributed by atoms with Crippen LogP contribution in [0.2, 0.25) is 0 Å². The van der Waals surface area contributed by atoms with Crippen LogP contribution in [0.25, 0.3) is 10.9 Å². The fourth-order valence-electron chi connectivity index (χ4n) is 4.27. The van der Waals surface area contributed by atoms with E-state index in [4.69, 9.17) is 32.7 Å². The van der Waals surface area contributed by atoms with Gasteiger partial charge in [0.1, 0.15) is 12.6 Å². The van der Waals surface area contributed by atoms with Crippen LogP contribution in [0.5, 0.6) is 11.5 Å². The number of aromatic amines is 1. The van der Waals surface area contributed by atoms with Crippen LogP contribution in [-0.4, -0.2) is 28.7 Å². The highest BCUT2D eigenvalue weighted by atomic mass is 35.5. The summed E-state index contributed by atoms with van der Waals surface area (Å²) >= 11 is 12.8. The molecule has 1 atom stereocenters. The molecule has 1 heterocycles. The quantitative estimate of drug-likeness (QED) is 0.171. The van der Waals surface area contributed by atoms with Gasteiger partial charge in [0, 0.05) is 16.5 Å². The SMILES string of the molecule is C=C/C(Cl)=C(C[C@H](OC(=O)Cn1c(=O)[nH]c(=O)c2ccccc21)c1ccc(OC(F)F)c(OCC2CC2)c1)\C(Cl)=C/C. The summed E-state index contributed by atoms with van der Waals surface area (Å²) in [6.07, 6.45) is 3.86. The van der Waals surface area contributed by atoms with Crippen LogP contribution >= 0.6 is 23.2 Å². The van der Waals surface area contributed by atoms with Gasteiger partial charge in [-0.2, -0.15) is 8.78 Å². The normalized spacial score (nSPS) is 14.9. The van der Waals surface area contributed by atoms with Crippen molar-refractivity contribution in [3.8, 4) is 11.5 Å². The molecule has 1 aliphatic carbocycles. The summed E-state index contributed by atoms with van der Waals surface area (Å²) < 4.78 is 43.6. The van der Waals surface area contributed by atoms with Crippen LogP contribution in [0.4, 0.5) is 8.78 Å². The number of para-hydroxylation sites is 1. The highest BCUT2D eigenvalue weighted by molar-refractivity contribution is 6.36. The van der Waals surface area contributed by atoms with Gasteiger partial charge in [-0.3, -0.25) is 19.1 Å². The first-order chi connectivity index (χ1) is 20.1. The van der Waals surface area contributed by atoms with E-state index in [1.54, 1.807) is 31.2 Å². The van der Waals surface area contributed by atoms with Crippen LogP contribution in [0, 0.1) is 5.92 Å². The molecule has 1 aromatic heterocycles. The van der Waals surface area contributed by atoms with Crippen molar-refractivity contribution in [2.75, 3.05) is 6.61 Å². The van der Waals surface area contributed by atoms with E-state index in [0.717, 1.165) is 17.4 Å². The Hall–Kier alpha value is -3.89. The van der Waals surface area contributed by atoms with Gasteiger partial charge in [-0.15, -0.1) is 0 Å². The lowest BCUT2D eigenvalue weighted by molar-refractivity contribution is -0.150. The number of nitrogens with one attached hydrogen (secondary N) is 1. The van der Waals surface area contributed by atoms with E-state index >= 15 is 0 Å². The molecule has 0 amide bonds. The zero-order valence-corrected chi connectivity index (χ0v) is 24.1. The molecule has 0 spiro atoms. The third-order valence-electron chi connectivity index (χ3n) is 6.59. The first-order valence-electron chi connectivity index (χ1n) is 13.1. The van der Waals surface area contributed by atoms with Crippen molar-refractivity contribution in [2.24, 2.45) is 5.92 Å². The van der Waals surface area contributed by atoms with Crippen molar-refractivity contribution in [1.82, 2.24) is 9.55 Å². The Morgan fingerprint density at radius 2 is 1.90 bits per heavy atom. The van der Waals surface area contributed by atoms with E-state index in [1.165, 1.54) is 30.3 Å². The van der Waals surface area contributed by atoms with E-state index in [9.17, 15) is 23.2 Å². The number of nitrogens with zero attached hydrogens (tertiary/aromatic N) is 1. The number of alkyl halides is 2. The molecular formula is C30H28Cl2F2N2O6. The van der Waals surface area contributed by atoms with Crippen molar-refractivity contribution >= 4 is 40.1 Å². The summed E-state index contributed by atoms with van der Waals surface area (Å²) in [7, 11) is 0. The number of H-pyrrole nitrogens is 1. The van der Waals surface area contributed by atoms with Crippen LogP contribution in [0.1, 0.15) is 37.9 Å². The second-order valence-corrected chi connectivity index (χ2v) is 10.4. The van der Waals surface area contributed by atoms with Gasteiger partial charge in [-0.05, 0) is 61.1 Å². The lowest BCUT2D eigenvalue weighted by Crippen LogP contribution is -2.33. The molecule has 222 valence electrons. The zero-order valence-electron chi connectivity index (χ0n) is 22.6. The number of rotatable bonds is 13. The van der Waals surface area contributed by atoms with E-state index in [1.807, 2.05) is 0 Å². The Morgan fingerprint density at radius 1 is 1.17 bits per heavy atom. The molecule has 8 nitrogen and oxygen atoms in total. The average Bonchev–Trinajstić information content (AvgIpc) is 3.80. The molecule has 0 aliphatic heterocycles. The molecule has 2 aromatic carbocycles. The Bertz CT molecular complexity index is 1660. The summed E-state index contributed by atoms with van der Waals surface area (Å²) in [5.41, 5.74) is -0.340. The second kappa shape index (κ2) is 13.8. The second-order valence-electron chi connectivity index (χ2n) is 9.55. The number of aromatic nitrogens is 2. The first-order valence-corrected chi connectivity index (χ1v) is 13.8. The Labute approximate surface area is 249 Å². The Balaban J connectivity index is 1.72. The van der Waals surface area contributed by atoms with Gasteiger partial charge >= 0.3 is 18.3 Å². The first kappa shape index (κ1) is 31.1. The molecule has 0 bridgehead atoms. The zero-order chi connectivity index (χ0) is 30.4. The largest absolute Gasteiger partial charge is 0.489 e. The van der Waals surface area contributed by atoms with Crippen LogP contribution < -0.4 is 20.7 Å². The summed E-state index contributed by atoms with van der Waals surface area (Å²) in [5.74, 6) is -0.613. The Morgan fingerprint density at radius 3 is 2.57 bits per heavy atom. The molecule has 12 heteroatoms. The lowest BCUT2D eigenvalue weighted by atomic mass is 9.99. The Kier molecular flexibility index (Phi) is 10.2. The fourth-order valence-corrected chi connectivity index (χ4v) is 4.67. The summed E-state index contributed by atoms with van der Waals surface area (Å²) in [6.45, 7) is 2.09. The van der Waals surface area contributed by atoms with Gasteiger partial charge < -0.3 is 14.2 Å². The number of fused-ring (bicyclic) bond motifs is 1. The predicted octanol–water partition coefficient (Wildman–Crippen LogP) is 6.58. The summed E-state index contributed by atoms with van der Waals surface area (Å²) in [6, 6.07) is 10.6. The maximum Gasteiger partial charge on any atom is 0.387 e. The minimum absolute atomic E-state index is 0.0296. The predicted molar refractivity (Wildman–Crippen MR) is 156 cm³/mol. The molecule has 0 unspecified atom stereocenters. The van der Waals surface area contributed by atoms with Gasteiger partial charge in [0.2, 0.25) is 0 Å². The third kappa shape index (κ3) is 7.68. The molecule has 1 N–H and O–H groups in total. The molecular weight excluding hydrogens is 593 g/mol. The molecule has 0 radical (unpaired) electrons. The number of benzene rings is 2. The maximum absolute atomic E-state index is 13.3. The van der Waals surface area contributed by atoms with Gasteiger partial charge in [-0.25, -0.2) is 4.79 Å². The van der Waals surface area contributed by atoms with Crippen molar-refractivity contribution in [2.45, 2.75) is 45.4 Å². The van der Waals surface area contributed by atoms with E-state index in [0.29, 0.717) is 23.7 Å².